The molecule has 0 spiro atoms. The van der Waals surface area contributed by atoms with Gasteiger partial charge in [-0.3, -0.25) is 0 Å². The molecule has 2 aromatic rings. The normalized spacial score (nSPS) is 15.5. The topological polar surface area (TPSA) is 72.9 Å². The van der Waals surface area contributed by atoms with E-state index in [1.165, 1.54) is 19.3 Å². The van der Waals surface area contributed by atoms with Gasteiger partial charge in [0.2, 0.25) is 5.95 Å². The maximum absolute atomic E-state index is 5.20. The predicted molar refractivity (Wildman–Crippen MR) is 69.2 cm³/mol. The third-order valence-electron chi connectivity index (χ3n) is 3.80. The molecule has 0 unspecified atom stereocenters. The summed E-state index contributed by atoms with van der Waals surface area (Å²) in [6.07, 6.45) is 3.87. The Morgan fingerprint density at radius 3 is 2.74 bits per heavy atom. The van der Waals surface area contributed by atoms with Crippen molar-refractivity contribution in [1.82, 2.24) is 25.4 Å². The number of aryl methyl sites for hydroxylation is 2. The van der Waals surface area contributed by atoms with E-state index in [0.717, 1.165) is 29.6 Å². The van der Waals surface area contributed by atoms with Crippen molar-refractivity contribution < 1.29 is 4.52 Å². The summed E-state index contributed by atoms with van der Waals surface area (Å²) in [4.78, 5) is 1.94. The first kappa shape index (κ1) is 12.1. The molecule has 0 saturated heterocycles. The van der Waals surface area contributed by atoms with Crippen LogP contribution in [0.1, 0.15) is 30.7 Å². The molecule has 1 saturated carbocycles. The third-order valence-corrected chi connectivity index (χ3v) is 3.80. The zero-order valence-electron chi connectivity index (χ0n) is 11.5. The van der Waals surface area contributed by atoms with E-state index in [1.54, 1.807) is 0 Å². The second kappa shape index (κ2) is 4.64. The number of aromatic nitrogens is 5. The smallest absolute Gasteiger partial charge is 0.249 e. The van der Waals surface area contributed by atoms with Gasteiger partial charge in [0.25, 0.3) is 0 Å². The van der Waals surface area contributed by atoms with Gasteiger partial charge in [-0.05, 0) is 43.0 Å². The molecule has 0 bridgehead atoms. The molecule has 3 rings (SSSR count). The van der Waals surface area contributed by atoms with Crippen LogP contribution in [0.2, 0.25) is 0 Å². The van der Waals surface area contributed by atoms with E-state index in [-0.39, 0.29) is 0 Å². The first-order valence-corrected chi connectivity index (χ1v) is 6.59. The number of hydrogen-bond acceptors (Lipinski definition) is 6. The van der Waals surface area contributed by atoms with Gasteiger partial charge in [0.1, 0.15) is 11.4 Å². The fraction of sp³-hybridized carbons (Fsp3) is 0.667. The van der Waals surface area contributed by atoms with Crippen molar-refractivity contribution >= 4 is 11.6 Å². The molecule has 2 heterocycles. The van der Waals surface area contributed by atoms with E-state index in [1.807, 2.05) is 30.5 Å². The number of hydrogen-bond donors (Lipinski definition) is 0. The molecule has 1 fully saturated rings. The Morgan fingerprint density at radius 1 is 1.37 bits per heavy atom. The highest BCUT2D eigenvalue weighted by molar-refractivity contribution is 5.60. The Hall–Kier alpha value is -1.92. The molecule has 0 N–H and O–H groups in total. The van der Waals surface area contributed by atoms with Crippen LogP contribution in [0.15, 0.2) is 4.52 Å². The molecule has 0 aliphatic heterocycles. The molecule has 2 aromatic heterocycles. The van der Waals surface area contributed by atoms with Crippen LogP contribution >= 0.6 is 0 Å². The van der Waals surface area contributed by atoms with Crippen LogP contribution in [0, 0.1) is 19.8 Å². The number of anilines is 2. The van der Waals surface area contributed by atoms with Gasteiger partial charge in [0.05, 0.1) is 0 Å². The van der Waals surface area contributed by atoms with Gasteiger partial charge in [-0.1, -0.05) is 16.7 Å². The van der Waals surface area contributed by atoms with E-state index in [9.17, 15) is 0 Å². The van der Waals surface area contributed by atoms with Crippen LogP contribution in [0.4, 0.5) is 11.6 Å². The Balaban J connectivity index is 1.87. The Morgan fingerprint density at radius 2 is 2.16 bits per heavy atom. The van der Waals surface area contributed by atoms with Crippen molar-refractivity contribution in [3.8, 4) is 0 Å². The second-order valence-electron chi connectivity index (χ2n) is 5.19. The minimum atomic E-state index is 0.709. The Bertz CT molecular complexity index is 551. The average molecular weight is 262 g/mol. The van der Waals surface area contributed by atoms with Gasteiger partial charge in [-0.15, -0.1) is 0 Å². The lowest BCUT2D eigenvalue weighted by Gasteiger charge is -2.26. The van der Waals surface area contributed by atoms with Gasteiger partial charge in [0, 0.05) is 13.6 Å². The number of rotatable bonds is 4. The fourth-order valence-electron chi connectivity index (χ4n) is 2.54. The summed E-state index contributed by atoms with van der Waals surface area (Å²) in [5.41, 5.74) is 1.78. The fourth-order valence-corrected chi connectivity index (χ4v) is 2.54. The summed E-state index contributed by atoms with van der Waals surface area (Å²) in [6.45, 7) is 4.70. The highest BCUT2D eigenvalue weighted by atomic mass is 16.5. The van der Waals surface area contributed by atoms with Crippen LogP contribution < -0.4 is 4.90 Å². The summed E-state index contributed by atoms with van der Waals surface area (Å²) in [5, 5.41) is 16.0. The first-order valence-electron chi connectivity index (χ1n) is 6.59. The predicted octanol–water partition coefficient (Wildman–Crippen LogP) is 1.85. The van der Waals surface area contributed by atoms with Gasteiger partial charge in [0.15, 0.2) is 5.76 Å². The van der Waals surface area contributed by atoms with Crippen molar-refractivity contribution in [2.75, 3.05) is 11.9 Å². The SMILES string of the molecule is Cc1noc(C)c1N(C)c1nnnn1CC1CCC1. The maximum Gasteiger partial charge on any atom is 0.249 e. The lowest BCUT2D eigenvalue weighted by molar-refractivity contribution is 0.265. The molecule has 7 nitrogen and oxygen atoms in total. The van der Waals surface area contributed by atoms with E-state index in [0.29, 0.717) is 5.92 Å². The van der Waals surface area contributed by atoms with Crippen molar-refractivity contribution in [3.63, 3.8) is 0 Å². The van der Waals surface area contributed by atoms with Crippen LogP contribution in [0.25, 0.3) is 0 Å². The third kappa shape index (κ3) is 2.09. The van der Waals surface area contributed by atoms with Gasteiger partial charge in [-0.25, -0.2) is 4.68 Å². The summed E-state index contributed by atoms with van der Waals surface area (Å²) in [7, 11) is 1.94. The van der Waals surface area contributed by atoms with Crippen molar-refractivity contribution in [2.24, 2.45) is 5.92 Å². The van der Waals surface area contributed by atoms with Gasteiger partial charge >= 0.3 is 0 Å². The summed E-state index contributed by atoms with van der Waals surface area (Å²) in [5.74, 6) is 2.22. The molecule has 1 aliphatic carbocycles. The van der Waals surface area contributed by atoms with Crippen LogP contribution in [-0.2, 0) is 6.54 Å². The van der Waals surface area contributed by atoms with Crippen molar-refractivity contribution in [3.05, 3.63) is 11.5 Å². The van der Waals surface area contributed by atoms with Crippen LogP contribution in [0.3, 0.4) is 0 Å². The van der Waals surface area contributed by atoms with Crippen molar-refractivity contribution in [1.29, 1.82) is 0 Å². The number of nitrogens with zero attached hydrogens (tertiary/aromatic N) is 6. The summed E-state index contributed by atoms with van der Waals surface area (Å²) in [6, 6.07) is 0. The lowest BCUT2D eigenvalue weighted by Crippen LogP contribution is -2.23. The maximum atomic E-state index is 5.20. The standard InChI is InChI=1S/C12H18N6O/c1-8-11(9(2)19-14-8)17(3)12-13-15-16-18(12)7-10-5-4-6-10/h10H,4-7H2,1-3H3. The zero-order chi connectivity index (χ0) is 13.4. The molecule has 7 heteroatoms. The highest BCUT2D eigenvalue weighted by Gasteiger charge is 2.24. The summed E-state index contributed by atoms with van der Waals surface area (Å²) >= 11 is 0. The zero-order valence-corrected chi connectivity index (χ0v) is 11.5. The Kier molecular flexibility index (Phi) is 2.96. The first-order chi connectivity index (χ1) is 9.16. The minimum absolute atomic E-state index is 0.709. The molecule has 0 amide bonds. The van der Waals surface area contributed by atoms with E-state index in [4.69, 9.17) is 4.52 Å². The molecule has 0 aromatic carbocycles. The average Bonchev–Trinajstić information content (AvgIpc) is 2.91. The van der Waals surface area contributed by atoms with Crippen molar-refractivity contribution in [2.45, 2.75) is 39.7 Å². The monoisotopic (exact) mass is 262 g/mol. The molecule has 0 atom stereocenters. The molecular formula is C12H18N6O. The van der Waals surface area contributed by atoms with Crippen LogP contribution in [0.5, 0.6) is 0 Å². The van der Waals surface area contributed by atoms with E-state index in [2.05, 4.69) is 20.7 Å². The second-order valence-corrected chi connectivity index (χ2v) is 5.19. The molecular weight excluding hydrogens is 244 g/mol. The van der Waals surface area contributed by atoms with Gasteiger partial charge in [-0.2, -0.15) is 0 Å². The highest BCUT2D eigenvalue weighted by Crippen LogP contribution is 2.31. The molecule has 19 heavy (non-hydrogen) atoms. The largest absolute Gasteiger partial charge is 0.359 e. The minimum Gasteiger partial charge on any atom is -0.359 e. The lowest BCUT2D eigenvalue weighted by atomic mass is 9.85. The number of tetrazole rings is 1. The van der Waals surface area contributed by atoms with E-state index < -0.39 is 0 Å². The molecule has 102 valence electrons. The Labute approximate surface area is 111 Å². The summed E-state index contributed by atoms with van der Waals surface area (Å²) < 4.78 is 7.07. The molecule has 1 aliphatic rings. The molecule has 0 radical (unpaired) electrons. The quantitative estimate of drug-likeness (QED) is 0.837. The van der Waals surface area contributed by atoms with E-state index >= 15 is 0 Å². The van der Waals surface area contributed by atoms with Crippen LogP contribution in [-0.4, -0.2) is 32.4 Å². The van der Waals surface area contributed by atoms with Gasteiger partial charge < -0.3 is 9.42 Å².